The minimum absolute atomic E-state index is 0.116. The van der Waals surface area contributed by atoms with Gasteiger partial charge in [0, 0.05) is 37.6 Å². The molecule has 2 saturated heterocycles. The Morgan fingerprint density at radius 3 is 2.74 bits per heavy atom. The van der Waals surface area contributed by atoms with E-state index in [1.54, 1.807) is 0 Å². The molecule has 2 fully saturated rings. The molecule has 0 N–H and O–H groups in total. The minimum Gasteiger partial charge on any atom is -0.381 e. The highest BCUT2D eigenvalue weighted by Gasteiger charge is 2.43. The third-order valence-corrected chi connectivity index (χ3v) is 4.80. The third kappa shape index (κ3) is 4.25. The van der Waals surface area contributed by atoms with Gasteiger partial charge in [-0.05, 0) is 12.0 Å². The Balaban J connectivity index is 1.60. The predicted molar refractivity (Wildman–Crippen MR) is 80.3 cm³/mol. The summed E-state index contributed by atoms with van der Waals surface area (Å²) in [4.78, 5) is 2.28. The zero-order chi connectivity index (χ0) is 16.3. The summed E-state index contributed by atoms with van der Waals surface area (Å²) in [6.45, 7) is 1.80. The van der Waals surface area contributed by atoms with E-state index in [9.17, 15) is 13.2 Å². The molecule has 1 aromatic rings. The van der Waals surface area contributed by atoms with Crippen molar-refractivity contribution in [3.63, 3.8) is 0 Å². The van der Waals surface area contributed by atoms with E-state index in [2.05, 4.69) is 17.0 Å². The fourth-order valence-corrected chi connectivity index (χ4v) is 3.79. The smallest absolute Gasteiger partial charge is 0.381 e. The Morgan fingerprint density at radius 1 is 1.22 bits per heavy atom. The predicted octanol–water partition coefficient (Wildman–Crippen LogP) is 3.07. The van der Waals surface area contributed by atoms with E-state index in [0.29, 0.717) is 24.4 Å². The van der Waals surface area contributed by atoms with Crippen molar-refractivity contribution in [2.45, 2.75) is 24.6 Å². The van der Waals surface area contributed by atoms with Gasteiger partial charge in [0.1, 0.15) is 6.61 Å². The first-order chi connectivity index (χ1) is 11.0. The van der Waals surface area contributed by atoms with Crippen LogP contribution in [-0.4, -0.2) is 56.6 Å². The molecule has 0 radical (unpaired) electrons. The molecule has 3 nitrogen and oxygen atoms in total. The molecular formula is C17H22F3NO2. The topological polar surface area (TPSA) is 21.7 Å². The summed E-state index contributed by atoms with van der Waals surface area (Å²) in [7, 11) is 0. The highest BCUT2D eigenvalue weighted by molar-refractivity contribution is 5.23. The fourth-order valence-electron chi connectivity index (χ4n) is 3.79. The SMILES string of the molecule is FC(F)(F)COCCN1CC(c2ccccc2)C2COCCC21. The van der Waals surface area contributed by atoms with Gasteiger partial charge in [0.2, 0.25) is 0 Å². The molecule has 3 rings (SSSR count). The van der Waals surface area contributed by atoms with Crippen molar-refractivity contribution < 1.29 is 22.6 Å². The number of benzene rings is 1. The Labute approximate surface area is 134 Å². The molecule has 23 heavy (non-hydrogen) atoms. The van der Waals surface area contributed by atoms with Crippen LogP contribution in [0.1, 0.15) is 17.9 Å². The number of nitrogens with zero attached hydrogens (tertiary/aromatic N) is 1. The lowest BCUT2D eigenvalue weighted by Gasteiger charge is -2.32. The number of halogens is 3. The lowest BCUT2D eigenvalue weighted by molar-refractivity contribution is -0.174. The highest BCUT2D eigenvalue weighted by Crippen LogP contribution is 2.40. The lowest BCUT2D eigenvalue weighted by atomic mass is 9.84. The summed E-state index contributed by atoms with van der Waals surface area (Å²) in [6, 6.07) is 10.7. The molecule has 1 aromatic carbocycles. The molecule has 2 heterocycles. The number of hydrogen-bond acceptors (Lipinski definition) is 3. The normalized spacial score (nSPS) is 28.7. The summed E-state index contributed by atoms with van der Waals surface area (Å²) in [6.07, 6.45) is -3.31. The molecule has 0 bridgehead atoms. The van der Waals surface area contributed by atoms with Gasteiger partial charge in [0.15, 0.2) is 0 Å². The molecule has 2 aliphatic heterocycles. The van der Waals surface area contributed by atoms with Crippen LogP contribution in [0.3, 0.4) is 0 Å². The molecule has 6 heteroatoms. The number of likely N-dealkylation sites (tertiary alicyclic amines) is 1. The monoisotopic (exact) mass is 329 g/mol. The first-order valence-corrected chi connectivity index (χ1v) is 8.06. The number of alkyl halides is 3. The number of fused-ring (bicyclic) bond motifs is 1. The van der Waals surface area contributed by atoms with Gasteiger partial charge >= 0.3 is 6.18 Å². The first-order valence-electron chi connectivity index (χ1n) is 8.06. The van der Waals surface area contributed by atoms with E-state index >= 15 is 0 Å². The van der Waals surface area contributed by atoms with Crippen molar-refractivity contribution in [3.8, 4) is 0 Å². The zero-order valence-corrected chi connectivity index (χ0v) is 13.0. The highest BCUT2D eigenvalue weighted by atomic mass is 19.4. The largest absolute Gasteiger partial charge is 0.411 e. The first kappa shape index (κ1) is 16.7. The van der Waals surface area contributed by atoms with Gasteiger partial charge in [-0.15, -0.1) is 0 Å². The molecule has 0 saturated carbocycles. The Kier molecular flexibility index (Phi) is 5.24. The average molecular weight is 329 g/mol. The van der Waals surface area contributed by atoms with Gasteiger partial charge in [-0.3, -0.25) is 4.90 Å². The van der Waals surface area contributed by atoms with Crippen molar-refractivity contribution in [1.29, 1.82) is 0 Å². The number of ether oxygens (including phenoxy) is 2. The van der Waals surface area contributed by atoms with Crippen LogP contribution >= 0.6 is 0 Å². The van der Waals surface area contributed by atoms with Gasteiger partial charge in [-0.25, -0.2) is 0 Å². The molecule has 0 amide bonds. The standard InChI is InChI=1S/C17H22F3NO2/c18-17(19,20)12-23-9-7-21-10-14(13-4-2-1-3-5-13)15-11-22-8-6-16(15)21/h1-5,14-16H,6-12H2. The van der Waals surface area contributed by atoms with Crippen LogP contribution in [0, 0.1) is 5.92 Å². The summed E-state index contributed by atoms with van der Waals surface area (Å²) >= 11 is 0. The van der Waals surface area contributed by atoms with E-state index in [0.717, 1.165) is 26.2 Å². The molecule has 0 aromatic heterocycles. The van der Waals surface area contributed by atoms with Crippen molar-refractivity contribution in [2.24, 2.45) is 5.92 Å². The van der Waals surface area contributed by atoms with Gasteiger partial charge in [0.05, 0.1) is 13.2 Å². The summed E-state index contributed by atoms with van der Waals surface area (Å²) in [5.74, 6) is 0.790. The van der Waals surface area contributed by atoms with E-state index in [4.69, 9.17) is 9.47 Å². The Bertz CT molecular complexity index is 494. The lowest BCUT2D eigenvalue weighted by Crippen LogP contribution is -2.40. The second kappa shape index (κ2) is 7.20. The third-order valence-electron chi connectivity index (χ3n) is 4.80. The van der Waals surface area contributed by atoms with Crippen molar-refractivity contribution in [1.82, 2.24) is 4.90 Å². The van der Waals surface area contributed by atoms with Gasteiger partial charge in [0.25, 0.3) is 0 Å². The van der Waals surface area contributed by atoms with E-state index in [1.807, 2.05) is 18.2 Å². The van der Waals surface area contributed by atoms with Crippen molar-refractivity contribution in [3.05, 3.63) is 35.9 Å². The quantitative estimate of drug-likeness (QED) is 0.775. The van der Waals surface area contributed by atoms with Crippen LogP contribution in [0.2, 0.25) is 0 Å². The van der Waals surface area contributed by atoms with Crippen LogP contribution in [-0.2, 0) is 9.47 Å². The second-order valence-electron chi connectivity index (χ2n) is 6.27. The van der Waals surface area contributed by atoms with Gasteiger partial charge < -0.3 is 9.47 Å². The Hall–Kier alpha value is -1.11. The van der Waals surface area contributed by atoms with Crippen LogP contribution < -0.4 is 0 Å². The maximum atomic E-state index is 12.2. The zero-order valence-electron chi connectivity index (χ0n) is 13.0. The van der Waals surface area contributed by atoms with Crippen LogP contribution in [0.15, 0.2) is 30.3 Å². The van der Waals surface area contributed by atoms with Gasteiger partial charge in [-0.1, -0.05) is 30.3 Å². The van der Waals surface area contributed by atoms with Crippen molar-refractivity contribution >= 4 is 0 Å². The van der Waals surface area contributed by atoms with Crippen LogP contribution in [0.5, 0.6) is 0 Å². The number of hydrogen-bond donors (Lipinski definition) is 0. The maximum absolute atomic E-state index is 12.2. The average Bonchev–Trinajstić information content (AvgIpc) is 2.91. The Morgan fingerprint density at radius 2 is 2.00 bits per heavy atom. The molecular weight excluding hydrogens is 307 g/mol. The van der Waals surface area contributed by atoms with E-state index < -0.39 is 12.8 Å². The van der Waals surface area contributed by atoms with Gasteiger partial charge in [-0.2, -0.15) is 13.2 Å². The van der Waals surface area contributed by atoms with E-state index in [1.165, 1.54) is 5.56 Å². The summed E-state index contributed by atoms with van der Waals surface area (Å²) in [5, 5.41) is 0. The molecule has 2 aliphatic rings. The van der Waals surface area contributed by atoms with Crippen molar-refractivity contribution in [2.75, 3.05) is 39.5 Å². The molecule has 0 aliphatic carbocycles. The molecule has 128 valence electrons. The second-order valence-corrected chi connectivity index (χ2v) is 6.27. The molecule has 3 unspecified atom stereocenters. The fraction of sp³-hybridized carbons (Fsp3) is 0.647. The van der Waals surface area contributed by atoms with Crippen LogP contribution in [0.4, 0.5) is 13.2 Å². The number of rotatable bonds is 5. The molecule has 0 spiro atoms. The molecule has 3 atom stereocenters. The summed E-state index contributed by atoms with van der Waals surface area (Å²) < 4.78 is 46.9. The van der Waals surface area contributed by atoms with Crippen LogP contribution in [0.25, 0.3) is 0 Å². The summed E-state index contributed by atoms with van der Waals surface area (Å²) in [5.41, 5.74) is 1.28. The van der Waals surface area contributed by atoms with E-state index in [-0.39, 0.29) is 6.61 Å². The minimum atomic E-state index is -4.25. The maximum Gasteiger partial charge on any atom is 0.411 e.